The first-order chi connectivity index (χ1) is 16.4. The van der Waals surface area contributed by atoms with Gasteiger partial charge in [0.05, 0.1) is 28.5 Å². The van der Waals surface area contributed by atoms with E-state index in [9.17, 15) is 26.9 Å². The highest BCUT2D eigenvalue weighted by molar-refractivity contribution is 7.89. The summed E-state index contributed by atoms with van der Waals surface area (Å²) in [6, 6.07) is 7.83. The maximum atomic E-state index is 14.0. The molecule has 0 aliphatic heterocycles. The number of pyridine rings is 1. The first-order valence-electron chi connectivity index (χ1n) is 11.2. The minimum Gasteiger partial charge on any atom is -0.335 e. The van der Waals surface area contributed by atoms with Crippen LogP contribution in [0.15, 0.2) is 41.4 Å². The van der Waals surface area contributed by atoms with E-state index < -0.39 is 35.2 Å². The van der Waals surface area contributed by atoms with Gasteiger partial charge in [0.15, 0.2) is 0 Å². The molecule has 2 heterocycles. The third-order valence-corrected chi connectivity index (χ3v) is 7.26. The van der Waals surface area contributed by atoms with E-state index in [0.29, 0.717) is 16.8 Å². The first-order valence-corrected chi connectivity index (χ1v) is 12.7. The average Bonchev–Trinajstić information content (AvgIpc) is 3.49. The summed E-state index contributed by atoms with van der Waals surface area (Å²) in [6.07, 6.45) is 4.97. The van der Waals surface area contributed by atoms with Gasteiger partial charge >= 0.3 is 0 Å². The van der Waals surface area contributed by atoms with Crippen LogP contribution in [0.4, 0.5) is 13.2 Å². The number of nitrogens with zero attached hydrogens (tertiary/aromatic N) is 3. The van der Waals surface area contributed by atoms with Gasteiger partial charge in [0.25, 0.3) is 0 Å². The van der Waals surface area contributed by atoms with Crippen molar-refractivity contribution in [1.82, 2.24) is 14.3 Å². The van der Waals surface area contributed by atoms with Crippen molar-refractivity contribution in [3.8, 4) is 17.5 Å². The second kappa shape index (κ2) is 11.0. The number of fused-ring (bicyclic) bond motifs is 1. The number of alkyl halides is 2. The van der Waals surface area contributed by atoms with Crippen molar-refractivity contribution in [1.29, 1.82) is 5.26 Å². The summed E-state index contributed by atoms with van der Waals surface area (Å²) in [7, 11) is -4.17. The molecule has 4 rings (SSSR count). The Labute approximate surface area is 197 Å². The number of hydrogen-bond acceptors (Lipinski definition) is 4. The van der Waals surface area contributed by atoms with Crippen LogP contribution in [-0.4, -0.2) is 37.4 Å². The fourth-order valence-electron chi connectivity index (χ4n) is 4.26. The lowest BCUT2D eigenvalue weighted by Crippen LogP contribution is -2.37. The molecule has 0 bridgehead atoms. The number of hydrogen-bond donors (Lipinski definition) is 1. The van der Waals surface area contributed by atoms with Crippen molar-refractivity contribution in [3.63, 3.8) is 0 Å². The van der Waals surface area contributed by atoms with Gasteiger partial charge in [-0.15, -0.1) is 0 Å². The van der Waals surface area contributed by atoms with Gasteiger partial charge in [-0.25, -0.2) is 26.3 Å². The molecule has 1 N–H and O–H groups in total. The third-order valence-electron chi connectivity index (χ3n) is 5.75. The molecule has 2 aromatic heterocycles. The van der Waals surface area contributed by atoms with Crippen LogP contribution in [0.2, 0.25) is 0 Å². The van der Waals surface area contributed by atoms with Crippen LogP contribution in [-0.2, 0) is 10.0 Å². The summed E-state index contributed by atoms with van der Waals surface area (Å²) in [5.74, 6) is -0.458. The summed E-state index contributed by atoms with van der Waals surface area (Å²) in [5.41, 5.74) is 1.85. The Kier molecular flexibility index (Phi) is 8.33. The van der Waals surface area contributed by atoms with Crippen LogP contribution in [0.1, 0.15) is 51.1 Å². The lowest BCUT2D eigenvalue weighted by Gasteiger charge is -2.18. The van der Waals surface area contributed by atoms with Crippen molar-refractivity contribution < 1.29 is 21.6 Å². The number of nitrogens with one attached hydrogen (secondary N) is 1. The van der Waals surface area contributed by atoms with E-state index in [-0.39, 0.29) is 16.5 Å². The van der Waals surface area contributed by atoms with Gasteiger partial charge in [0.2, 0.25) is 10.0 Å². The van der Waals surface area contributed by atoms with Crippen molar-refractivity contribution in [2.24, 2.45) is 0 Å². The number of aromatic nitrogens is 2. The van der Waals surface area contributed by atoms with Crippen LogP contribution in [0.5, 0.6) is 0 Å². The van der Waals surface area contributed by atoms with Crippen LogP contribution in [0.25, 0.3) is 22.3 Å². The molecule has 1 aliphatic rings. The highest BCUT2D eigenvalue weighted by Crippen LogP contribution is 2.41. The summed E-state index contributed by atoms with van der Waals surface area (Å²) < 4.78 is 68.2. The lowest BCUT2D eigenvalue weighted by molar-refractivity contribution is 0.334. The standard InChI is InChI=1S/C22H21F3N4O2S.C2H6/c23-10-15(11-24)28-32(30,31)17-6-7-20(27-13-17)22-19(12-26)18-9-14(25)5-8-21(18)29(22)16-3-1-2-4-16;1-2/h5-9,13,15-16,28H,1-4,10-11H2;1-2H3. The molecule has 1 aromatic carbocycles. The quantitative estimate of drug-likeness (QED) is 0.476. The molecule has 0 unspecified atom stereocenters. The van der Waals surface area contributed by atoms with Crippen LogP contribution in [0, 0.1) is 17.1 Å². The van der Waals surface area contributed by atoms with E-state index >= 15 is 0 Å². The van der Waals surface area contributed by atoms with Crippen LogP contribution in [0.3, 0.4) is 0 Å². The molecule has 1 saturated carbocycles. The SMILES string of the molecule is CC.N#Cc1c(-c2ccc(S(=O)(=O)NC(CF)CF)cn2)n(C2CCCC2)c2ccc(F)cc12. The lowest BCUT2D eigenvalue weighted by atomic mass is 10.1. The predicted octanol–water partition coefficient (Wildman–Crippen LogP) is 5.44. The molecule has 0 spiro atoms. The van der Waals surface area contributed by atoms with Gasteiger partial charge in [0, 0.05) is 17.6 Å². The smallest absolute Gasteiger partial charge is 0.242 e. The zero-order chi connectivity index (χ0) is 24.9. The van der Waals surface area contributed by atoms with Crippen molar-refractivity contribution in [2.75, 3.05) is 13.3 Å². The third kappa shape index (κ3) is 4.95. The van der Waals surface area contributed by atoms with Crippen molar-refractivity contribution in [3.05, 3.63) is 47.9 Å². The second-order valence-electron chi connectivity index (χ2n) is 7.81. The first kappa shape index (κ1) is 25.7. The van der Waals surface area contributed by atoms with Crippen molar-refractivity contribution in [2.45, 2.75) is 56.5 Å². The number of rotatable bonds is 7. The van der Waals surface area contributed by atoms with Gasteiger partial charge in [-0.3, -0.25) is 4.98 Å². The molecule has 1 aliphatic carbocycles. The summed E-state index contributed by atoms with van der Waals surface area (Å²) in [6.45, 7) is 1.65. The van der Waals surface area contributed by atoms with E-state index in [4.69, 9.17) is 0 Å². The molecular weight excluding hydrogens is 465 g/mol. The topological polar surface area (TPSA) is 87.8 Å². The van der Waals surface area contributed by atoms with E-state index in [1.165, 1.54) is 24.3 Å². The van der Waals surface area contributed by atoms with E-state index in [1.54, 1.807) is 6.07 Å². The number of sulfonamides is 1. The Balaban J connectivity index is 0.00000158. The van der Waals surface area contributed by atoms with Gasteiger partial charge < -0.3 is 4.57 Å². The summed E-state index contributed by atoms with van der Waals surface area (Å²) in [5, 5.41) is 10.3. The fourth-order valence-corrected chi connectivity index (χ4v) is 5.40. The van der Waals surface area contributed by atoms with Gasteiger partial charge in [-0.2, -0.15) is 5.26 Å². The molecule has 10 heteroatoms. The highest BCUT2D eigenvalue weighted by Gasteiger charge is 2.28. The fraction of sp³-hybridized carbons (Fsp3) is 0.417. The molecule has 6 nitrogen and oxygen atoms in total. The van der Waals surface area contributed by atoms with Gasteiger partial charge in [-0.1, -0.05) is 26.7 Å². The van der Waals surface area contributed by atoms with Gasteiger partial charge in [0.1, 0.15) is 30.1 Å². The predicted molar refractivity (Wildman–Crippen MR) is 125 cm³/mol. The normalized spacial score (nSPS) is 14.3. The molecular formula is C24H27F3N4O2S. The molecule has 0 saturated heterocycles. The van der Waals surface area contributed by atoms with Crippen LogP contribution < -0.4 is 4.72 Å². The van der Waals surface area contributed by atoms with Crippen molar-refractivity contribution >= 4 is 20.9 Å². The van der Waals surface area contributed by atoms with E-state index in [2.05, 4.69) is 11.1 Å². The molecule has 1 fully saturated rings. The summed E-state index contributed by atoms with van der Waals surface area (Å²) in [4.78, 5) is 4.01. The Morgan fingerprint density at radius 3 is 2.41 bits per heavy atom. The molecule has 34 heavy (non-hydrogen) atoms. The summed E-state index contributed by atoms with van der Waals surface area (Å²) >= 11 is 0. The Morgan fingerprint density at radius 2 is 1.85 bits per heavy atom. The highest BCUT2D eigenvalue weighted by atomic mass is 32.2. The molecule has 0 amide bonds. The minimum absolute atomic E-state index is 0.113. The maximum Gasteiger partial charge on any atom is 0.242 e. The maximum absolute atomic E-state index is 14.0. The Bertz CT molecular complexity index is 1270. The second-order valence-corrected chi connectivity index (χ2v) is 9.53. The zero-order valence-corrected chi connectivity index (χ0v) is 19.9. The van der Waals surface area contributed by atoms with Gasteiger partial charge in [-0.05, 0) is 43.2 Å². The number of halogens is 3. The minimum atomic E-state index is -4.17. The van der Waals surface area contributed by atoms with E-state index in [0.717, 1.165) is 37.4 Å². The Morgan fingerprint density at radius 1 is 1.18 bits per heavy atom. The molecule has 0 radical (unpaired) electrons. The monoisotopic (exact) mass is 492 g/mol. The molecule has 0 atom stereocenters. The van der Waals surface area contributed by atoms with Crippen LogP contribution >= 0.6 is 0 Å². The van der Waals surface area contributed by atoms with E-state index in [1.807, 2.05) is 23.1 Å². The number of nitriles is 1. The number of benzene rings is 1. The molecule has 182 valence electrons. The Hall–Kier alpha value is -2.90. The molecule has 3 aromatic rings. The largest absolute Gasteiger partial charge is 0.335 e. The zero-order valence-electron chi connectivity index (χ0n) is 19.1. The average molecular weight is 493 g/mol.